The van der Waals surface area contributed by atoms with Crippen LogP contribution in [0.3, 0.4) is 0 Å². The van der Waals surface area contributed by atoms with Crippen LogP contribution in [-0.4, -0.2) is 23.2 Å². The molecule has 0 aromatic heterocycles. The molecule has 28 heavy (non-hydrogen) atoms. The number of carbonyl (C=O) groups excluding carboxylic acids is 2. The van der Waals surface area contributed by atoms with Gasteiger partial charge in [-0.25, -0.2) is 9.98 Å². The Balaban J connectivity index is 1.58. The molecular formula is C24H18N2O2. The number of allylic oxidation sites excluding steroid dienone is 4. The SMILES string of the molecule is O=C(C=Cc1ccccc1)N=C1C=CC(=NC(=O)C=Cc2ccccc2)C=C1. The Bertz CT molecular complexity index is 923. The molecule has 3 rings (SSSR count). The largest absolute Gasteiger partial charge is 0.270 e. The number of aliphatic imine (C=N–C) groups is 2. The van der Waals surface area contributed by atoms with Crippen LogP contribution in [0.1, 0.15) is 11.1 Å². The van der Waals surface area contributed by atoms with Gasteiger partial charge in [0.15, 0.2) is 0 Å². The van der Waals surface area contributed by atoms with Crippen LogP contribution in [-0.2, 0) is 9.59 Å². The first kappa shape index (κ1) is 18.9. The minimum absolute atomic E-state index is 0.351. The van der Waals surface area contributed by atoms with Gasteiger partial charge in [0.2, 0.25) is 0 Å². The van der Waals surface area contributed by atoms with E-state index in [9.17, 15) is 9.59 Å². The van der Waals surface area contributed by atoms with Crippen LogP contribution in [0.5, 0.6) is 0 Å². The highest BCUT2D eigenvalue weighted by Gasteiger charge is 2.03. The molecule has 0 saturated carbocycles. The molecule has 0 saturated heterocycles. The fourth-order valence-corrected chi connectivity index (χ4v) is 2.39. The van der Waals surface area contributed by atoms with Crippen LogP contribution in [0.25, 0.3) is 12.2 Å². The lowest BCUT2D eigenvalue weighted by Gasteiger charge is -2.00. The maximum absolute atomic E-state index is 11.9. The van der Waals surface area contributed by atoms with Crippen molar-refractivity contribution in [1.82, 2.24) is 0 Å². The Morgan fingerprint density at radius 1 is 0.571 bits per heavy atom. The third-order valence-electron chi connectivity index (χ3n) is 3.76. The van der Waals surface area contributed by atoms with Crippen molar-refractivity contribution < 1.29 is 9.59 Å². The Morgan fingerprint density at radius 2 is 0.929 bits per heavy atom. The van der Waals surface area contributed by atoms with E-state index in [1.165, 1.54) is 12.2 Å². The second-order valence-electron chi connectivity index (χ2n) is 5.90. The van der Waals surface area contributed by atoms with Gasteiger partial charge in [-0.15, -0.1) is 0 Å². The molecule has 4 nitrogen and oxygen atoms in total. The van der Waals surface area contributed by atoms with Gasteiger partial charge in [-0.1, -0.05) is 60.7 Å². The number of amides is 2. The van der Waals surface area contributed by atoms with Gasteiger partial charge < -0.3 is 0 Å². The minimum atomic E-state index is -0.351. The van der Waals surface area contributed by atoms with E-state index in [1.54, 1.807) is 36.5 Å². The molecule has 1 aliphatic carbocycles. The fraction of sp³-hybridized carbons (Fsp3) is 0. The summed E-state index contributed by atoms with van der Waals surface area (Å²) in [6, 6.07) is 19.1. The van der Waals surface area contributed by atoms with E-state index < -0.39 is 0 Å². The molecule has 0 heterocycles. The molecule has 0 N–H and O–H groups in total. The molecule has 1 aliphatic rings. The normalized spacial score (nSPS) is 13.3. The van der Waals surface area contributed by atoms with Crippen molar-refractivity contribution in [3.8, 4) is 0 Å². The van der Waals surface area contributed by atoms with Crippen LogP contribution >= 0.6 is 0 Å². The third kappa shape index (κ3) is 6.11. The minimum Gasteiger partial charge on any atom is -0.267 e. The van der Waals surface area contributed by atoms with Crippen molar-refractivity contribution in [2.24, 2.45) is 9.98 Å². The maximum atomic E-state index is 11.9. The smallest absolute Gasteiger partial charge is 0.267 e. The zero-order valence-corrected chi connectivity index (χ0v) is 15.1. The van der Waals surface area contributed by atoms with Gasteiger partial charge in [0, 0.05) is 12.2 Å². The first-order valence-corrected chi connectivity index (χ1v) is 8.77. The number of benzene rings is 2. The molecule has 4 heteroatoms. The molecule has 2 amide bonds. The molecule has 0 unspecified atom stereocenters. The zero-order valence-electron chi connectivity index (χ0n) is 15.1. The number of carbonyl (C=O) groups is 2. The summed E-state index contributed by atoms with van der Waals surface area (Å²) in [5.41, 5.74) is 2.88. The maximum Gasteiger partial charge on any atom is 0.270 e. The van der Waals surface area contributed by atoms with Crippen molar-refractivity contribution in [3.63, 3.8) is 0 Å². The summed E-state index contributed by atoms with van der Waals surface area (Å²) in [6.45, 7) is 0. The zero-order chi connectivity index (χ0) is 19.6. The van der Waals surface area contributed by atoms with Crippen molar-refractivity contribution in [1.29, 1.82) is 0 Å². The van der Waals surface area contributed by atoms with Gasteiger partial charge in [0.25, 0.3) is 11.8 Å². The average Bonchev–Trinajstić information content (AvgIpc) is 2.74. The van der Waals surface area contributed by atoms with Crippen LogP contribution in [0.2, 0.25) is 0 Å². The summed E-state index contributed by atoms with van der Waals surface area (Å²) < 4.78 is 0. The predicted octanol–water partition coefficient (Wildman–Crippen LogP) is 4.47. The first-order chi connectivity index (χ1) is 13.7. The molecule has 0 fully saturated rings. The molecule has 0 radical (unpaired) electrons. The van der Waals surface area contributed by atoms with Crippen molar-refractivity contribution in [2.75, 3.05) is 0 Å². The van der Waals surface area contributed by atoms with E-state index >= 15 is 0 Å². The Morgan fingerprint density at radius 3 is 1.29 bits per heavy atom. The summed E-state index contributed by atoms with van der Waals surface area (Å²) in [5.74, 6) is -0.703. The fourth-order valence-electron chi connectivity index (χ4n) is 2.39. The highest BCUT2D eigenvalue weighted by molar-refractivity contribution is 6.23. The van der Waals surface area contributed by atoms with Gasteiger partial charge in [0.05, 0.1) is 11.4 Å². The number of hydrogen-bond acceptors (Lipinski definition) is 2. The van der Waals surface area contributed by atoms with E-state index in [1.807, 2.05) is 60.7 Å². The summed E-state index contributed by atoms with van der Waals surface area (Å²) >= 11 is 0. The summed E-state index contributed by atoms with van der Waals surface area (Å²) in [4.78, 5) is 31.9. The molecule has 2 aromatic rings. The van der Waals surface area contributed by atoms with E-state index in [0.29, 0.717) is 11.4 Å². The standard InChI is InChI=1S/C24H18N2O2/c27-23(17-11-19-7-3-1-4-8-19)25-21-13-15-22(16-14-21)26-24(28)18-12-20-9-5-2-6-10-20/h1-18H. The molecule has 0 aliphatic heterocycles. The predicted molar refractivity (Wildman–Crippen MR) is 114 cm³/mol. The van der Waals surface area contributed by atoms with Crippen LogP contribution < -0.4 is 0 Å². The Labute approximate surface area is 163 Å². The van der Waals surface area contributed by atoms with Gasteiger partial charge >= 0.3 is 0 Å². The second-order valence-corrected chi connectivity index (χ2v) is 5.90. The number of rotatable bonds is 4. The van der Waals surface area contributed by atoms with E-state index in [2.05, 4.69) is 9.98 Å². The topological polar surface area (TPSA) is 58.9 Å². The molecular weight excluding hydrogens is 348 g/mol. The summed E-state index contributed by atoms with van der Waals surface area (Å²) in [5, 5.41) is 0. The van der Waals surface area contributed by atoms with Gasteiger partial charge in [-0.2, -0.15) is 0 Å². The lowest BCUT2D eigenvalue weighted by Crippen LogP contribution is -2.04. The van der Waals surface area contributed by atoms with Crippen LogP contribution in [0.15, 0.2) is 107 Å². The van der Waals surface area contributed by atoms with E-state index in [-0.39, 0.29) is 11.8 Å². The quantitative estimate of drug-likeness (QED) is 0.592. The summed E-state index contributed by atoms with van der Waals surface area (Å²) in [7, 11) is 0. The molecule has 2 aromatic carbocycles. The van der Waals surface area contributed by atoms with Gasteiger partial charge in [0.1, 0.15) is 0 Å². The van der Waals surface area contributed by atoms with Crippen LogP contribution in [0.4, 0.5) is 0 Å². The lowest BCUT2D eigenvalue weighted by molar-refractivity contribution is -0.114. The van der Waals surface area contributed by atoms with Crippen molar-refractivity contribution in [3.05, 3.63) is 108 Å². The molecule has 0 atom stereocenters. The Hall–Kier alpha value is -3.92. The molecule has 0 bridgehead atoms. The van der Waals surface area contributed by atoms with Gasteiger partial charge in [-0.3, -0.25) is 9.59 Å². The lowest BCUT2D eigenvalue weighted by atomic mass is 10.1. The van der Waals surface area contributed by atoms with Gasteiger partial charge in [-0.05, 0) is 47.6 Å². The Kier molecular flexibility index (Phi) is 6.53. The highest BCUT2D eigenvalue weighted by atomic mass is 16.1. The van der Waals surface area contributed by atoms with E-state index in [0.717, 1.165) is 11.1 Å². The molecule has 136 valence electrons. The average molecular weight is 366 g/mol. The second kappa shape index (κ2) is 9.69. The molecule has 0 spiro atoms. The monoisotopic (exact) mass is 366 g/mol. The van der Waals surface area contributed by atoms with Crippen molar-refractivity contribution in [2.45, 2.75) is 0 Å². The van der Waals surface area contributed by atoms with Crippen molar-refractivity contribution >= 4 is 35.4 Å². The number of hydrogen-bond donors (Lipinski definition) is 0. The van der Waals surface area contributed by atoms with E-state index in [4.69, 9.17) is 0 Å². The first-order valence-electron chi connectivity index (χ1n) is 8.77. The number of nitrogens with zero attached hydrogens (tertiary/aromatic N) is 2. The highest BCUT2D eigenvalue weighted by Crippen LogP contribution is 2.04. The summed E-state index contributed by atoms with van der Waals surface area (Å²) in [6.07, 6.45) is 12.9. The third-order valence-corrected chi connectivity index (χ3v) is 3.76. The van der Waals surface area contributed by atoms with Crippen LogP contribution in [0, 0.1) is 0 Å².